The third-order valence-electron chi connectivity index (χ3n) is 11.5. The number of ether oxygens (including phenoxy) is 3. The number of Topliss-reactive ketones (excluding diaryl/α,β-unsaturated/α-hetero) is 1. The summed E-state index contributed by atoms with van der Waals surface area (Å²) in [6.45, 7) is 38.6. The van der Waals surface area contributed by atoms with Crippen LogP contribution in [0.4, 0.5) is 0 Å². The van der Waals surface area contributed by atoms with Gasteiger partial charge in [-0.05, 0) is 105 Å². The molecule has 13 heteroatoms. The Morgan fingerprint density at radius 1 is 0.882 bits per heavy atom. The van der Waals surface area contributed by atoms with Crippen molar-refractivity contribution in [1.29, 1.82) is 0 Å². The number of ketones is 1. The molecule has 1 fully saturated rings. The van der Waals surface area contributed by atoms with Crippen molar-refractivity contribution in [2.45, 2.75) is 179 Å². The van der Waals surface area contributed by atoms with Gasteiger partial charge < -0.3 is 27.5 Å². The van der Waals surface area contributed by atoms with Gasteiger partial charge in [0, 0.05) is 16.1 Å². The van der Waals surface area contributed by atoms with E-state index in [2.05, 4.69) is 124 Å². The normalized spacial score (nSPS) is 22.1. The van der Waals surface area contributed by atoms with Crippen molar-refractivity contribution in [1.82, 2.24) is 0 Å². The van der Waals surface area contributed by atoms with Crippen LogP contribution in [-0.2, 0) is 22.8 Å². The van der Waals surface area contributed by atoms with Crippen molar-refractivity contribution in [3.8, 4) is 5.75 Å². The number of hydrogen-bond acceptors (Lipinski definition) is 9. The molecular formula is C38H69BrO7S2Si3. The Labute approximate surface area is 332 Å². The zero-order chi connectivity index (χ0) is 39.5. The summed E-state index contributed by atoms with van der Waals surface area (Å²) in [5.41, 5.74) is 0.540. The third-order valence-corrected chi connectivity index (χ3v) is 27.0. The maximum atomic E-state index is 13.9. The average molecular weight is 866 g/mol. The van der Waals surface area contributed by atoms with Crippen molar-refractivity contribution in [2.24, 2.45) is 0 Å². The van der Waals surface area contributed by atoms with Crippen molar-refractivity contribution in [3.63, 3.8) is 0 Å². The van der Waals surface area contributed by atoms with E-state index in [0.717, 1.165) is 4.47 Å². The number of halogens is 1. The number of carbonyl (C=O) groups excluding carboxylic acids is 1. The summed E-state index contributed by atoms with van der Waals surface area (Å²) in [7, 11) is -5.31. The molecule has 6 atom stereocenters. The van der Waals surface area contributed by atoms with E-state index >= 15 is 0 Å². The number of methoxy groups -OCH3 is 1. The summed E-state index contributed by atoms with van der Waals surface area (Å²) in [5, 5.41) is -0.337. The van der Waals surface area contributed by atoms with E-state index in [0.29, 0.717) is 28.7 Å². The molecule has 7 nitrogen and oxygen atoms in total. The van der Waals surface area contributed by atoms with Crippen molar-refractivity contribution in [2.75, 3.05) is 13.7 Å². The maximum Gasteiger partial charge on any atom is 0.220 e. The summed E-state index contributed by atoms with van der Waals surface area (Å²) >= 11 is 10.8. The van der Waals surface area contributed by atoms with E-state index in [1.807, 2.05) is 25.1 Å². The van der Waals surface area contributed by atoms with Crippen LogP contribution < -0.4 is 4.74 Å². The molecular weight excluding hydrogens is 797 g/mol. The Morgan fingerprint density at radius 3 is 1.82 bits per heavy atom. The van der Waals surface area contributed by atoms with Crippen LogP contribution in [0.1, 0.15) is 99.4 Å². The molecule has 0 N–H and O–H groups in total. The molecule has 1 aliphatic rings. The van der Waals surface area contributed by atoms with Crippen LogP contribution in [0.3, 0.4) is 0 Å². The van der Waals surface area contributed by atoms with Gasteiger partial charge >= 0.3 is 0 Å². The molecule has 0 spiro atoms. The molecule has 0 bridgehead atoms. The molecule has 1 aromatic rings. The van der Waals surface area contributed by atoms with Crippen LogP contribution >= 0.6 is 39.9 Å². The smallest absolute Gasteiger partial charge is 0.220 e. The predicted octanol–water partition coefficient (Wildman–Crippen LogP) is 11.8. The van der Waals surface area contributed by atoms with E-state index in [1.165, 1.54) is 11.8 Å². The van der Waals surface area contributed by atoms with Crippen LogP contribution in [0, 0.1) is 0 Å². The van der Waals surface area contributed by atoms with Crippen molar-refractivity contribution >= 4 is 75.0 Å². The van der Waals surface area contributed by atoms with E-state index in [9.17, 15) is 4.79 Å². The fourth-order valence-corrected chi connectivity index (χ4v) is 11.2. The SMILES string of the molecule is CCOC(=S)SC(CCC(=O)c1cc(Br)ccc1OC)[C@H]1O[C@@H]([C@@H](C)O[Si](C)(C)C(C)(C)C)[C@H](O[Si](C)(C)C(C)(C)C)[C@H]1O[Si](C)(C)C(C)(C)C. The lowest BCUT2D eigenvalue weighted by Crippen LogP contribution is -2.56. The molecule has 0 aliphatic carbocycles. The molecule has 0 aromatic heterocycles. The Bertz CT molecular complexity index is 1340. The highest BCUT2D eigenvalue weighted by Gasteiger charge is 2.57. The van der Waals surface area contributed by atoms with E-state index < -0.39 is 43.3 Å². The van der Waals surface area contributed by atoms with E-state index in [1.54, 1.807) is 7.11 Å². The molecule has 294 valence electrons. The van der Waals surface area contributed by atoms with Crippen LogP contribution in [-0.4, -0.2) is 84.6 Å². The number of carbonyl (C=O) groups is 1. The fraction of sp³-hybridized carbons (Fsp3) is 0.789. The highest BCUT2D eigenvalue weighted by Crippen LogP contribution is 2.47. The monoisotopic (exact) mass is 864 g/mol. The summed E-state index contributed by atoms with van der Waals surface area (Å²) in [6.07, 6.45) is -1.12. The second-order valence-electron chi connectivity index (χ2n) is 18.5. The number of thiocarbonyl (C=S) groups is 1. The standard InChI is InChI=1S/C38H69BrO7S2Si3/c1-19-42-35(47)48-30(23-21-28(40)27-24-26(39)20-22-29(27)41-12)32-34(46-51(17,18)38(9,10)11)33(45-50(15,16)37(6,7)8)31(43-32)25(2)44-49(13,14)36(3,4)5/h20,22,24-25,30-34H,19,21,23H2,1-18H3/t25-,30?,31+,32-,33+,34+/m1/s1. The second-order valence-corrected chi connectivity index (χ2v) is 35.5. The third kappa shape index (κ3) is 12.2. The number of thioether (sulfide) groups is 1. The number of benzene rings is 1. The van der Waals surface area contributed by atoms with Crippen LogP contribution in [0.25, 0.3) is 0 Å². The van der Waals surface area contributed by atoms with Crippen LogP contribution in [0.5, 0.6) is 5.75 Å². The highest BCUT2D eigenvalue weighted by molar-refractivity contribution is 9.10. The van der Waals surface area contributed by atoms with E-state index in [4.69, 9.17) is 39.7 Å². The zero-order valence-corrected chi connectivity index (χ0v) is 41.1. The van der Waals surface area contributed by atoms with E-state index in [-0.39, 0.29) is 44.8 Å². The minimum Gasteiger partial charge on any atom is -0.496 e. The van der Waals surface area contributed by atoms with Gasteiger partial charge in [0.2, 0.25) is 4.38 Å². The zero-order valence-electron chi connectivity index (χ0n) is 34.9. The molecule has 1 heterocycles. The molecule has 0 amide bonds. The van der Waals surface area contributed by atoms with Gasteiger partial charge in [0.05, 0.1) is 37.6 Å². The lowest BCUT2D eigenvalue weighted by atomic mass is 9.99. The minimum absolute atomic E-state index is 0.0128. The van der Waals surface area contributed by atoms with Gasteiger partial charge in [0.15, 0.2) is 30.7 Å². The number of rotatable bonds is 15. The first kappa shape index (κ1) is 47.1. The molecule has 1 aliphatic heterocycles. The van der Waals surface area contributed by atoms with Gasteiger partial charge in [-0.15, -0.1) is 0 Å². The topological polar surface area (TPSA) is 72.5 Å². The highest BCUT2D eigenvalue weighted by atomic mass is 79.9. The largest absolute Gasteiger partial charge is 0.496 e. The Balaban J connectivity index is 2.77. The Hall–Kier alpha value is -0.0994. The Morgan fingerprint density at radius 2 is 1.37 bits per heavy atom. The Kier molecular flexibility index (Phi) is 16.4. The molecule has 1 unspecified atom stereocenters. The van der Waals surface area contributed by atoms with Gasteiger partial charge in [0.25, 0.3) is 0 Å². The quantitative estimate of drug-likeness (QED) is 0.0973. The van der Waals surface area contributed by atoms with Gasteiger partial charge in [-0.2, -0.15) is 0 Å². The fourth-order valence-electron chi connectivity index (χ4n) is 5.27. The molecule has 51 heavy (non-hydrogen) atoms. The maximum absolute atomic E-state index is 13.9. The molecule has 2 rings (SSSR count). The second kappa shape index (κ2) is 17.8. The van der Waals surface area contributed by atoms with Gasteiger partial charge in [-0.3, -0.25) is 4.79 Å². The summed E-state index contributed by atoms with van der Waals surface area (Å²) in [6, 6.07) is 5.51. The average Bonchev–Trinajstić information content (AvgIpc) is 3.29. The van der Waals surface area contributed by atoms with Crippen LogP contribution in [0.2, 0.25) is 54.4 Å². The molecule has 0 saturated carbocycles. The number of hydrogen-bond donors (Lipinski definition) is 0. The first-order valence-corrected chi connectivity index (χ1v) is 29.2. The molecule has 1 aromatic carbocycles. The van der Waals surface area contributed by atoms with Crippen molar-refractivity contribution < 1.29 is 32.3 Å². The van der Waals surface area contributed by atoms with Crippen molar-refractivity contribution in [3.05, 3.63) is 28.2 Å². The first-order chi connectivity index (χ1) is 23.0. The predicted molar refractivity (Wildman–Crippen MR) is 230 cm³/mol. The summed E-state index contributed by atoms with van der Waals surface area (Å²) in [4.78, 5) is 13.9. The van der Waals surface area contributed by atoms with Gasteiger partial charge in [-0.25, -0.2) is 0 Å². The first-order valence-electron chi connectivity index (χ1n) is 18.4. The van der Waals surface area contributed by atoms with Gasteiger partial charge in [-0.1, -0.05) is 90.0 Å². The minimum atomic E-state index is -2.37. The summed E-state index contributed by atoms with van der Waals surface area (Å²) < 4.78 is 41.9. The molecule has 0 radical (unpaired) electrons. The van der Waals surface area contributed by atoms with Gasteiger partial charge in [0.1, 0.15) is 18.0 Å². The lowest BCUT2D eigenvalue weighted by molar-refractivity contribution is -0.0508. The molecule has 1 saturated heterocycles. The lowest BCUT2D eigenvalue weighted by Gasteiger charge is -2.45. The summed E-state index contributed by atoms with van der Waals surface area (Å²) in [5.74, 6) is 0.536. The van der Waals surface area contributed by atoms with Crippen LogP contribution in [0.15, 0.2) is 22.7 Å².